The second kappa shape index (κ2) is 21.2. The largest absolute Gasteiger partial charge is 0.463 e. The molecule has 5 atom stereocenters. The Hall–Kier alpha value is -1.55. The summed E-state index contributed by atoms with van der Waals surface area (Å²) in [4.78, 5) is 16.2. The second-order valence-corrected chi connectivity index (χ2v) is 11.6. The average Bonchev–Trinajstić information content (AvgIpc) is 3.22. The van der Waals surface area contributed by atoms with Crippen molar-refractivity contribution in [2.75, 3.05) is 12.3 Å². The Morgan fingerprint density at radius 3 is 1.95 bits per heavy atom. The van der Waals surface area contributed by atoms with E-state index in [9.17, 15) is 15.0 Å². The van der Waals surface area contributed by atoms with Gasteiger partial charge in [0.15, 0.2) is 6.23 Å². The zero-order valence-electron chi connectivity index (χ0n) is 25.7. The van der Waals surface area contributed by atoms with Crippen molar-refractivity contribution in [3.63, 3.8) is 0 Å². The fourth-order valence-electron chi connectivity index (χ4n) is 5.18. The van der Waals surface area contributed by atoms with Crippen LogP contribution in [0.15, 0.2) is 12.3 Å². The number of hydrogen-bond acceptors (Lipinski definition) is 8. The Morgan fingerprint density at radius 2 is 1.45 bits per heavy atom. The Labute approximate surface area is 248 Å². The molecule has 1 fully saturated rings. The summed E-state index contributed by atoms with van der Waals surface area (Å²) in [5.41, 5.74) is 5.62. The highest BCUT2D eigenvalue weighted by molar-refractivity contribution is 7.71. The predicted octanol–water partition coefficient (Wildman–Crippen LogP) is 7.18. The third-order valence-electron chi connectivity index (χ3n) is 7.69. The van der Waals surface area contributed by atoms with Crippen LogP contribution in [0.1, 0.15) is 143 Å². The molecule has 2 rings (SSSR count). The van der Waals surface area contributed by atoms with E-state index < -0.39 is 36.9 Å². The van der Waals surface area contributed by atoms with Gasteiger partial charge in [0, 0.05) is 14.0 Å². The maximum absolute atomic E-state index is 12.2. The summed E-state index contributed by atoms with van der Waals surface area (Å²) in [5.74, 6) is -0.263. The molecule has 1 aliphatic heterocycles. The van der Waals surface area contributed by atoms with Gasteiger partial charge >= 0.3 is 5.97 Å². The third-order valence-corrected chi connectivity index (χ3v) is 8.00. The number of carbonyl (C=O) groups is 1. The molecule has 0 saturated carbocycles. The van der Waals surface area contributed by atoms with Crippen LogP contribution in [0.4, 0.5) is 5.82 Å². The van der Waals surface area contributed by atoms with Gasteiger partial charge in [-0.15, -0.1) is 0 Å². The number of aliphatic hydroxyl groups is 2. The zero-order valence-corrected chi connectivity index (χ0v) is 25.5. The van der Waals surface area contributed by atoms with Gasteiger partial charge in [0.1, 0.15) is 30.7 Å². The van der Waals surface area contributed by atoms with Gasteiger partial charge in [-0.05, 0) is 24.7 Å². The lowest BCUT2D eigenvalue weighted by atomic mass is 10.0. The number of rotatable bonds is 23. The molecule has 0 amide bonds. The number of aromatic nitrogens is 2. The molecule has 8 nitrogen and oxygen atoms in total. The molecule has 2 unspecified atom stereocenters. The van der Waals surface area contributed by atoms with Gasteiger partial charge in [0.2, 0.25) is 4.77 Å². The minimum atomic E-state index is -1.26. The lowest BCUT2D eigenvalue weighted by molar-refractivity contribution is -0.150. The molecule has 230 valence electrons. The van der Waals surface area contributed by atoms with Crippen LogP contribution < -0.4 is 5.73 Å². The number of esters is 1. The second-order valence-electron chi connectivity index (χ2n) is 11.2. The topological polar surface area (TPSA) is 120 Å². The first kappa shape index (κ1) is 33.0. The zero-order chi connectivity index (χ0) is 29.9. The van der Waals surface area contributed by atoms with Crippen molar-refractivity contribution in [3.8, 4) is 0 Å². The van der Waals surface area contributed by atoms with E-state index in [-0.39, 0.29) is 23.6 Å². The molecular formula is C31H55N3O5S. The summed E-state index contributed by atoms with van der Waals surface area (Å²) < 4.78 is 20.7. The monoisotopic (exact) mass is 582 g/mol. The van der Waals surface area contributed by atoms with Crippen LogP contribution in [0.5, 0.6) is 0 Å². The van der Waals surface area contributed by atoms with Crippen LogP contribution in [0.3, 0.4) is 0 Å². The molecule has 40 heavy (non-hydrogen) atoms. The molecule has 9 heteroatoms. The van der Waals surface area contributed by atoms with E-state index in [0.717, 1.165) is 12.8 Å². The Balaban J connectivity index is 1.44. The summed E-state index contributed by atoms with van der Waals surface area (Å²) in [6.07, 6.45) is 19.7. The van der Waals surface area contributed by atoms with Crippen molar-refractivity contribution in [2.24, 2.45) is 0 Å². The third kappa shape index (κ3) is 13.9. The Kier molecular flexibility index (Phi) is 17.5. The van der Waals surface area contributed by atoms with Crippen LogP contribution >= 0.6 is 12.2 Å². The average molecular weight is 583 g/mol. The first-order valence-electron chi connectivity index (χ1n) is 16.3. The number of anilines is 1. The maximum atomic E-state index is 12.2. The van der Waals surface area contributed by atoms with Gasteiger partial charge in [0.05, 0.1) is 0 Å². The number of carbonyl (C=O) groups excluding carboxylic acids is 1. The molecule has 1 aromatic rings. The molecule has 4 N–H and O–H groups in total. The Bertz CT molecular complexity index is 905. The molecule has 0 spiro atoms. The SMILES string of the molecule is [2H]C(CCCCCCCCCCCCCCCCCCC)CC(=O)OC[C@H]1OC(n2ccc(N)nc2=S)[C@@H](O)[C@@H]1O. The standard InChI is InChI=1S/C31H55N3O5S/c1-2-3-4-5-6-7-8-9-10-11-12-13-14-15-16-17-18-19-20-21-27(35)38-24-25-28(36)29(37)30(39-25)34-23-22-26(32)33-31(34)40/h22-23,25,28-30,36-37H,2-21,24H2,1H3,(H2,32,33,40)/t25-,28-,29+,30?/m1/s1/i20D/t20?,25-,28-,29+,30?. The number of ether oxygens (including phenoxy) is 2. The van der Waals surface area contributed by atoms with E-state index in [4.69, 9.17) is 28.8 Å². The van der Waals surface area contributed by atoms with Crippen LogP contribution in [0.2, 0.25) is 0 Å². The van der Waals surface area contributed by atoms with Crippen LogP contribution in [-0.4, -0.2) is 50.7 Å². The summed E-state index contributed by atoms with van der Waals surface area (Å²) >= 11 is 5.16. The Morgan fingerprint density at radius 1 is 0.950 bits per heavy atom. The maximum Gasteiger partial charge on any atom is 0.305 e. The van der Waals surface area contributed by atoms with E-state index in [1.807, 2.05) is 0 Å². The summed E-state index contributed by atoms with van der Waals surface area (Å²) in [6, 6.07) is 1.51. The summed E-state index contributed by atoms with van der Waals surface area (Å²) in [7, 11) is 0. The minimum Gasteiger partial charge on any atom is -0.463 e. The fraction of sp³-hybridized carbons (Fsp3) is 0.839. The number of nitrogens with zero attached hydrogens (tertiary/aromatic N) is 2. The number of hydrogen-bond donors (Lipinski definition) is 3. The van der Waals surface area contributed by atoms with Crippen molar-refractivity contribution in [2.45, 2.75) is 160 Å². The van der Waals surface area contributed by atoms with Crippen LogP contribution in [0, 0.1) is 4.77 Å². The van der Waals surface area contributed by atoms with E-state index in [0.29, 0.717) is 6.42 Å². The number of nitrogen functional groups attached to an aromatic ring is 1. The van der Waals surface area contributed by atoms with Gasteiger partial charge in [-0.2, -0.15) is 0 Å². The van der Waals surface area contributed by atoms with Crippen molar-refractivity contribution >= 4 is 24.0 Å². The lowest BCUT2D eigenvalue weighted by Crippen LogP contribution is -2.34. The highest BCUT2D eigenvalue weighted by atomic mass is 32.1. The first-order valence-corrected chi connectivity index (χ1v) is 16.2. The molecule has 0 bridgehead atoms. The molecule has 0 radical (unpaired) electrons. The van der Waals surface area contributed by atoms with Gasteiger partial charge in [-0.25, -0.2) is 4.98 Å². The molecule has 0 aliphatic carbocycles. The van der Waals surface area contributed by atoms with Crippen molar-refractivity contribution in [3.05, 3.63) is 17.0 Å². The summed E-state index contributed by atoms with van der Waals surface area (Å²) in [5, 5.41) is 20.7. The van der Waals surface area contributed by atoms with E-state index in [1.165, 1.54) is 113 Å². The first-order chi connectivity index (χ1) is 19.8. The lowest BCUT2D eigenvalue weighted by Gasteiger charge is -2.18. The molecule has 2 heterocycles. The van der Waals surface area contributed by atoms with E-state index >= 15 is 0 Å². The van der Waals surface area contributed by atoms with Gasteiger partial charge in [-0.1, -0.05) is 122 Å². The summed E-state index contributed by atoms with van der Waals surface area (Å²) in [6.45, 7) is 2.06. The van der Waals surface area contributed by atoms with Gasteiger partial charge in [0.25, 0.3) is 0 Å². The molecule has 0 aromatic carbocycles. The highest BCUT2D eigenvalue weighted by Gasteiger charge is 2.44. The van der Waals surface area contributed by atoms with Crippen molar-refractivity contribution < 1.29 is 25.9 Å². The van der Waals surface area contributed by atoms with Crippen LogP contribution in [0.25, 0.3) is 0 Å². The smallest absolute Gasteiger partial charge is 0.305 e. The number of aliphatic hydroxyl groups excluding tert-OH is 2. The quantitative estimate of drug-likeness (QED) is 0.0705. The molecular weight excluding hydrogens is 526 g/mol. The van der Waals surface area contributed by atoms with Crippen LogP contribution in [-0.2, 0) is 14.3 Å². The minimum absolute atomic E-state index is 0.000590. The van der Waals surface area contributed by atoms with Gasteiger partial charge in [-0.3, -0.25) is 9.36 Å². The molecule has 1 aliphatic rings. The normalized spacial score (nSPS) is 21.8. The van der Waals surface area contributed by atoms with E-state index in [2.05, 4.69) is 11.9 Å². The fourth-order valence-corrected chi connectivity index (χ4v) is 5.45. The van der Waals surface area contributed by atoms with Crippen molar-refractivity contribution in [1.29, 1.82) is 0 Å². The number of nitrogens with two attached hydrogens (primary N) is 1. The van der Waals surface area contributed by atoms with E-state index in [1.54, 1.807) is 0 Å². The highest BCUT2D eigenvalue weighted by Crippen LogP contribution is 2.30. The van der Waals surface area contributed by atoms with Crippen molar-refractivity contribution in [1.82, 2.24) is 9.55 Å². The molecule has 1 aromatic heterocycles. The molecule has 1 saturated heterocycles. The predicted molar refractivity (Wildman–Crippen MR) is 162 cm³/mol. The number of unbranched alkanes of at least 4 members (excludes halogenated alkanes) is 16. The van der Waals surface area contributed by atoms with Gasteiger partial charge < -0.3 is 25.4 Å².